The van der Waals surface area contributed by atoms with E-state index in [9.17, 15) is 24.8 Å². The standard InChI is InChI=1S/C19H18N2O5/c1-12-4-7-14(21(25)26)11-16(12)19(24)20-10-2-3-17(20)18(23)13-5-8-15(22)9-6-13/h4-9,11,17,22H,2-3,10H2,1H3. The molecule has 1 aliphatic heterocycles. The Balaban J connectivity index is 1.89. The summed E-state index contributed by atoms with van der Waals surface area (Å²) in [5.41, 5.74) is 1.13. The zero-order valence-corrected chi connectivity index (χ0v) is 14.2. The van der Waals surface area contributed by atoms with Crippen molar-refractivity contribution in [2.45, 2.75) is 25.8 Å². The molecule has 1 aliphatic rings. The third-order valence-corrected chi connectivity index (χ3v) is 4.63. The summed E-state index contributed by atoms with van der Waals surface area (Å²) in [6.45, 7) is 2.14. The number of phenols is 1. The highest BCUT2D eigenvalue weighted by molar-refractivity contribution is 6.05. The normalized spacial score (nSPS) is 16.5. The number of Topliss-reactive ketones (excluding diaryl/α,β-unsaturated/α-hetero) is 1. The number of nitrogens with zero attached hydrogens (tertiary/aromatic N) is 2. The van der Waals surface area contributed by atoms with E-state index >= 15 is 0 Å². The molecule has 2 aromatic rings. The van der Waals surface area contributed by atoms with Crippen molar-refractivity contribution in [1.29, 1.82) is 0 Å². The van der Waals surface area contributed by atoms with Crippen LogP contribution < -0.4 is 0 Å². The van der Waals surface area contributed by atoms with Gasteiger partial charge in [-0.3, -0.25) is 19.7 Å². The Morgan fingerprint density at radius 2 is 1.88 bits per heavy atom. The summed E-state index contributed by atoms with van der Waals surface area (Å²) >= 11 is 0. The molecule has 7 heteroatoms. The van der Waals surface area contributed by atoms with E-state index in [1.807, 2.05) is 0 Å². The number of aryl methyl sites for hydroxylation is 1. The Kier molecular flexibility index (Phi) is 4.71. The van der Waals surface area contributed by atoms with Crippen LogP contribution in [0.3, 0.4) is 0 Å². The fourth-order valence-corrected chi connectivity index (χ4v) is 3.21. The zero-order valence-electron chi connectivity index (χ0n) is 14.2. The second-order valence-corrected chi connectivity index (χ2v) is 6.32. The van der Waals surface area contributed by atoms with Gasteiger partial charge in [0.25, 0.3) is 11.6 Å². The number of rotatable bonds is 4. The molecule has 26 heavy (non-hydrogen) atoms. The van der Waals surface area contributed by atoms with Crippen LogP contribution in [-0.2, 0) is 0 Å². The zero-order chi connectivity index (χ0) is 18.8. The van der Waals surface area contributed by atoms with Crippen LogP contribution in [0.15, 0.2) is 42.5 Å². The number of hydrogen-bond acceptors (Lipinski definition) is 5. The van der Waals surface area contributed by atoms with Gasteiger partial charge in [0.2, 0.25) is 0 Å². The monoisotopic (exact) mass is 354 g/mol. The van der Waals surface area contributed by atoms with E-state index in [4.69, 9.17) is 0 Å². The molecule has 1 heterocycles. The number of benzene rings is 2. The van der Waals surface area contributed by atoms with Crippen LogP contribution in [-0.4, -0.2) is 39.2 Å². The van der Waals surface area contributed by atoms with Crippen molar-refractivity contribution < 1.29 is 19.6 Å². The Labute approximate surface area is 150 Å². The highest BCUT2D eigenvalue weighted by atomic mass is 16.6. The van der Waals surface area contributed by atoms with E-state index in [-0.39, 0.29) is 28.7 Å². The van der Waals surface area contributed by atoms with Crippen molar-refractivity contribution >= 4 is 17.4 Å². The number of likely N-dealkylation sites (tertiary alicyclic amines) is 1. The first-order valence-corrected chi connectivity index (χ1v) is 8.27. The lowest BCUT2D eigenvalue weighted by atomic mass is 10.0. The van der Waals surface area contributed by atoms with Crippen molar-refractivity contribution in [1.82, 2.24) is 4.90 Å². The summed E-state index contributed by atoms with van der Waals surface area (Å²) in [4.78, 5) is 37.7. The van der Waals surface area contributed by atoms with Crippen LogP contribution in [0.4, 0.5) is 5.69 Å². The molecule has 0 radical (unpaired) electrons. The first-order chi connectivity index (χ1) is 12.4. The molecule has 134 valence electrons. The van der Waals surface area contributed by atoms with Crippen LogP contribution >= 0.6 is 0 Å². The molecule has 1 fully saturated rings. The topological polar surface area (TPSA) is 101 Å². The second kappa shape index (κ2) is 6.95. The molecule has 0 saturated carbocycles. The van der Waals surface area contributed by atoms with Crippen molar-refractivity contribution in [3.05, 3.63) is 69.3 Å². The smallest absolute Gasteiger partial charge is 0.270 e. The van der Waals surface area contributed by atoms with Gasteiger partial charge in [-0.2, -0.15) is 0 Å². The summed E-state index contributed by atoms with van der Waals surface area (Å²) in [5, 5.41) is 20.4. The first kappa shape index (κ1) is 17.6. The van der Waals surface area contributed by atoms with Crippen LogP contribution in [0.2, 0.25) is 0 Å². The largest absolute Gasteiger partial charge is 0.508 e. The van der Waals surface area contributed by atoms with Crippen LogP contribution in [0.5, 0.6) is 5.75 Å². The van der Waals surface area contributed by atoms with Gasteiger partial charge in [-0.15, -0.1) is 0 Å². The Morgan fingerprint density at radius 3 is 2.54 bits per heavy atom. The minimum Gasteiger partial charge on any atom is -0.508 e. The maximum atomic E-state index is 13.0. The lowest BCUT2D eigenvalue weighted by Crippen LogP contribution is -2.40. The quantitative estimate of drug-likeness (QED) is 0.516. The van der Waals surface area contributed by atoms with Crippen LogP contribution in [0, 0.1) is 17.0 Å². The van der Waals surface area contributed by atoms with Gasteiger partial charge >= 0.3 is 0 Å². The molecule has 1 unspecified atom stereocenters. The summed E-state index contributed by atoms with van der Waals surface area (Å²) < 4.78 is 0. The summed E-state index contributed by atoms with van der Waals surface area (Å²) in [5.74, 6) is -0.507. The number of ketones is 1. The fourth-order valence-electron chi connectivity index (χ4n) is 3.21. The predicted octanol–water partition coefficient (Wildman–Crippen LogP) is 3.10. The highest BCUT2D eigenvalue weighted by Gasteiger charge is 2.35. The van der Waals surface area contributed by atoms with E-state index in [2.05, 4.69) is 0 Å². The molecule has 1 N–H and O–H groups in total. The van der Waals surface area contributed by atoms with Crippen molar-refractivity contribution in [3.8, 4) is 5.75 Å². The number of amides is 1. The summed E-state index contributed by atoms with van der Waals surface area (Å²) in [6, 6.07) is 9.46. The Bertz CT molecular complexity index is 876. The number of aromatic hydroxyl groups is 1. The van der Waals surface area contributed by atoms with E-state index < -0.39 is 11.0 Å². The van der Waals surface area contributed by atoms with Crippen molar-refractivity contribution in [2.24, 2.45) is 0 Å². The van der Waals surface area contributed by atoms with Gasteiger partial charge in [-0.25, -0.2) is 0 Å². The molecular formula is C19H18N2O5. The third-order valence-electron chi connectivity index (χ3n) is 4.63. The average molecular weight is 354 g/mol. The molecule has 1 saturated heterocycles. The van der Waals surface area contributed by atoms with E-state index in [1.54, 1.807) is 6.92 Å². The van der Waals surface area contributed by atoms with Gasteiger partial charge in [0.1, 0.15) is 5.75 Å². The van der Waals surface area contributed by atoms with Crippen molar-refractivity contribution in [3.63, 3.8) is 0 Å². The number of nitro benzene ring substituents is 1. The molecule has 1 amide bonds. The second-order valence-electron chi connectivity index (χ2n) is 6.32. The molecule has 2 aromatic carbocycles. The molecule has 0 spiro atoms. The maximum Gasteiger partial charge on any atom is 0.270 e. The molecule has 0 aliphatic carbocycles. The summed E-state index contributed by atoms with van der Waals surface area (Å²) in [7, 11) is 0. The molecule has 0 aromatic heterocycles. The van der Waals surface area contributed by atoms with E-state index in [0.29, 0.717) is 30.5 Å². The third kappa shape index (κ3) is 3.28. The first-order valence-electron chi connectivity index (χ1n) is 8.27. The van der Waals surface area contributed by atoms with Gasteiger partial charge < -0.3 is 10.0 Å². The van der Waals surface area contributed by atoms with E-state index in [1.165, 1.54) is 47.4 Å². The number of carbonyl (C=O) groups is 2. The van der Waals surface area contributed by atoms with Gasteiger partial charge in [-0.1, -0.05) is 6.07 Å². The molecule has 7 nitrogen and oxygen atoms in total. The lowest BCUT2D eigenvalue weighted by molar-refractivity contribution is -0.384. The average Bonchev–Trinajstić information content (AvgIpc) is 3.11. The van der Waals surface area contributed by atoms with Gasteiger partial charge in [-0.05, 0) is 49.6 Å². The number of non-ortho nitro benzene ring substituents is 1. The molecule has 3 rings (SSSR count). The molecule has 0 bridgehead atoms. The number of hydrogen-bond donors (Lipinski definition) is 1. The van der Waals surface area contributed by atoms with Gasteiger partial charge in [0, 0.05) is 29.8 Å². The molecule has 1 atom stereocenters. The minimum absolute atomic E-state index is 0.0631. The van der Waals surface area contributed by atoms with Crippen LogP contribution in [0.25, 0.3) is 0 Å². The number of phenolic OH excluding ortho intramolecular Hbond substituents is 1. The Morgan fingerprint density at radius 1 is 1.19 bits per heavy atom. The van der Waals surface area contributed by atoms with Gasteiger partial charge in [0.15, 0.2) is 5.78 Å². The highest BCUT2D eigenvalue weighted by Crippen LogP contribution is 2.26. The van der Waals surface area contributed by atoms with E-state index in [0.717, 1.165) is 0 Å². The minimum atomic E-state index is -0.606. The lowest BCUT2D eigenvalue weighted by Gasteiger charge is -2.24. The fraction of sp³-hybridized carbons (Fsp3) is 0.263. The number of carbonyl (C=O) groups excluding carboxylic acids is 2. The van der Waals surface area contributed by atoms with Crippen LogP contribution in [0.1, 0.15) is 39.1 Å². The SMILES string of the molecule is Cc1ccc([N+](=O)[O-])cc1C(=O)N1CCCC1C(=O)c1ccc(O)cc1. The maximum absolute atomic E-state index is 13.0. The summed E-state index contributed by atoms with van der Waals surface area (Å²) in [6.07, 6.45) is 1.23. The predicted molar refractivity (Wildman–Crippen MR) is 94.3 cm³/mol. The Hall–Kier alpha value is -3.22. The van der Waals surface area contributed by atoms with Gasteiger partial charge in [0.05, 0.1) is 11.0 Å². The number of nitro groups is 1. The van der Waals surface area contributed by atoms with Crippen molar-refractivity contribution in [2.75, 3.05) is 6.54 Å². The molecular weight excluding hydrogens is 336 g/mol.